The van der Waals surface area contributed by atoms with E-state index >= 15 is 0 Å². The Hall–Kier alpha value is -2.03. The molecule has 1 aromatic heterocycles. The zero-order valence-electron chi connectivity index (χ0n) is 9.27. The van der Waals surface area contributed by atoms with Crippen LogP contribution in [0.15, 0.2) is 36.5 Å². The lowest BCUT2D eigenvalue weighted by atomic mass is 10.0. The Morgan fingerprint density at radius 2 is 2.06 bits per heavy atom. The predicted octanol–water partition coefficient (Wildman–Crippen LogP) is 2.77. The first-order valence-corrected chi connectivity index (χ1v) is 5.01. The summed E-state index contributed by atoms with van der Waals surface area (Å²) in [6.45, 7) is 1.92. The quantitative estimate of drug-likeness (QED) is 0.837. The van der Waals surface area contributed by atoms with E-state index in [1.807, 2.05) is 31.2 Å². The molecule has 82 valence electrons. The maximum absolute atomic E-state index is 9.99. The molecule has 0 saturated carbocycles. The Bertz CT molecular complexity index is 509. The largest absolute Gasteiger partial charge is 0.504 e. The molecule has 2 aromatic rings. The third kappa shape index (κ3) is 1.84. The van der Waals surface area contributed by atoms with E-state index < -0.39 is 0 Å². The van der Waals surface area contributed by atoms with Gasteiger partial charge in [-0.05, 0) is 30.7 Å². The Balaban J connectivity index is 2.56. The molecule has 0 aliphatic heterocycles. The molecular weight excluding hydrogens is 202 g/mol. The van der Waals surface area contributed by atoms with Crippen molar-refractivity contribution in [2.45, 2.75) is 6.92 Å². The average Bonchev–Trinajstić information content (AvgIpc) is 2.29. The summed E-state index contributed by atoms with van der Waals surface area (Å²) in [6, 6.07) is 9.22. The van der Waals surface area contributed by atoms with Crippen LogP contribution in [0.5, 0.6) is 11.5 Å². The lowest BCUT2D eigenvalue weighted by Gasteiger charge is -2.08. The van der Waals surface area contributed by atoms with Crippen LogP contribution in [-0.4, -0.2) is 17.2 Å². The van der Waals surface area contributed by atoms with Crippen LogP contribution < -0.4 is 4.74 Å². The van der Waals surface area contributed by atoms with Gasteiger partial charge in [0.1, 0.15) is 0 Å². The zero-order valence-corrected chi connectivity index (χ0v) is 9.27. The van der Waals surface area contributed by atoms with Crippen LogP contribution in [0.1, 0.15) is 5.69 Å². The van der Waals surface area contributed by atoms with E-state index in [4.69, 9.17) is 4.74 Å². The standard InChI is InChI=1S/C13H13NO2/c1-9-8-10(6-7-14-9)11-4-3-5-12(16-2)13(11)15/h3-8,15H,1-2H3. The number of aryl methyl sites for hydroxylation is 1. The number of aromatic hydroxyl groups is 1. The van der Waals surface area contributed by atoms with Gasteiger partial charge in [0.05, 0.1) is 7.11 Å². The number of ether oxygens (including phenoxy) is 1. The van der Waals surface area contributed by atoms with Gasteiger partial charge in [0.15, 0.2) is 11.5 Å². The first-order chi connectivity index (χ1) is 7.72. The van der Waals surface area contributed by atoms with Crippen LogP contribution in [0.4, 0.5) is 0 Å². The lowest BCUT2D eigenvalue weighted by molar-refractivity contribution is 0.374. The summed E-state index contributed by atoms with van der Waals surface area (Å²) >= 11 is 0. The van der Waals surface area contributed by atoms with Crippen LogP contribution in [-0.2, 0) is 0 Å². The fourth-order valence-corrected chi connectivity index (χ4v) is 1.63. The topological polar surface area (TPSA) is 42.4 Å². The van der Waals surface area contributed by atoms with Crippen molar-refractivity contribution in [3.05, 3.63) is 42.2 Å². The number of benzene rings is 1. The zero-order chi connectivity index (χ0) is 11.5. The second-order valence-corrected chi connectivity index (χ2v) is 3.54. The van der Waals surface area contributed by atoms with E-state index in [0.717, 1.165) is 16.8 Å². The summed E-state index contributed by atoms with van der Waals surface area (Å²) in [5.41, 5.74) is 2.61. The second kappa shape index (κ2) is 4.23. The minimum atomic E-state index is 0.163. The smallest absolute Gasteiger partial charge is 0.165 e. The summed E-state index contributed by atoms with van der Waals surface area (Å²) in [6.07, 6.45) is 1.73. The molecule has 0 radical (unpaired) electrons. The van der Waals surface area contributed by atoms with Crippen molar-refractivity contribution < 1.29 is 9.84 Å². The molecule has 0 amide bonds. The number of hydrogen-bond donors (Lipinski definition) is 1. The van der Waals surface area contributed by atoms with Crippen LogP contribution in [0.25, 0.3) is 11.1 Å². The highest BCUT2D eigenvalue weighted by atomic mass is 16.5. The molecule has 0 saturated heterocycles. The molecule has 3 heteroatoms. The van der Waals surface area contributed by atoms with Gasteiger partial charge in [0.2, 0.25) is 0 Å². The molecule has 0 aliphatic carbocycles. The molecule has 0 fully saturated rings. The molecule has 0 bridgehead atoms. The van der Waals surface area contributed by atoms with Gasteiger partial charge in [-0.25, -0.2) is 0 Å². The molecule has 16 heavy (non-hydrogen) atoms. The fraction of sp³-hybridized carbons (Fsp3) is 0.154. The molecular formula is C13H13NO2. The number of pyridine rings is 1. The van der Waals surface area contributed by atoms with E-state index in [9.17, 15) is 5.11 Å². The molecule has 0 spiro atoms. The Kier molecular flexibility index (Phi) is 2.77. The van der Waals surface area contributed by atoms with E-state index in [0.29, 0.717) is 5.75 Å². The lowest BCUT2D eigenvalue weighted by Crippen LogP contribution is -1.87. The Labute approximate surface area is 94.3 Å². The highest BCUT2D eigenvalue weighted by Crippen LogP contribution is 2.36. The summed E-state index contributed by atoms with van der Waals surface area (Å²) in [4.78, 5) is 4.12. The van der Waals surface area contributed by atoms with Gasteiger partial charge in [-0.2, -0.15) is 0 Å². The number of aromatic nitrogens is 1. The number of methoxy groups -OCH3 is 1. The minimum Gasteiger partial charge on any atom is -0.504 e. The third-order valence-electron chi connectivity index (χ3n) is 2.43. The molecule has 2 rings (SSSR count). The number of rotatable bonds is 2. The molecule has 1 heterocycles. The van der Waals surface area contributed by atoms with Crippen molar-refractivity contribution in [2.75, 3.05) is 7.11 Å². The summed E-state index contributed by atoms with van der Waals surface area (Å²) in [5, 5.41) is 9.99. The van der Waals surface area contributed by atoms with E-state index in [-0.39, 0.29) is 5.75 Å². The number of phenolic OH excluding ortho intramolecular Hbond substituents is 1. The van der Waals surface area contributed by atoms with Crippen molar-refractivity contribution in [1.82, 2.24) is 4.98 Å². The predicted molar refractivity (Wildman–Crippen MR) is 62.6 cm³/mol. The summed E-state index contributed by atoms with van der Waals surface area (Å²) < 4.78 is 5.07. The van der Waals surface area contributed by atoms with Gasteiger partial charge in [-0.15, -0.1) is 0 Å². The maximum atomic E-state index is 9.99. The Morgan fingerprint density at radius 1 is 1.25 bits per heavy atom. The fourth-order valence-electron chi connectivity index (χ4n) is 1.63. The van der Waals surface area contributed by atoms with Gasteiger partial charge in [-0.1, -0.05) is 12.1 Å². The van der Waals surface area contributed by atoms with E-state index in [1.165, 1.54) is 7.11 Å². The monoisotopic (exact) mass is 215 g/mol. The van der Waals surface area contributed by atoms with Crippen LogP contribution in [0, 0.1) is 6.92 Å². The van der Waals surface area contributed by atoms with Crippen molar-refractivity contribution >= 4 is 0 Å². The molecule has 0 atom stereocenters. The van der Waals surface area contributed by atoms with E-state index in [2.05, 4.69) is 4.98 Å². The number of para-hydroxylation sites is 1. The number of nitrogens with zero attached hydrogens (tertiary/aromatic N) is 1. The molecule has 1 N–H and O–H groups in total. The highest BCUT2D eigenvalue weighted by molar-refractivity contribution is 5.73. The van der Waals surface area contributed by atoms with Crippen LogP contribution >= 0.6 is 0 Å². The first-order valence-electron chi connectivity index (χ1n) is 5.01. The van der Waals surface area contributed by atoms with Gasteiger partial charge in [0.25, 0.3) is 0 Å². The minimum absolute atomic E-state index is 0.163. The van der Waals surface area contributed by atoms with Gasteiger partial charge >= 0.3 is 0 Å². The average molecular weight is 215 g/mol. The van der Waals surface area contributed by atoms with Crippen molar-refractivity contribution in [1.29, 1.82) is 0 Å². The SMILES string of the molecule is COc1cccc(-c2ccnc(C)c2)c1O. The first kappa shape index (κ1) is 10.5. The molecule has 0 aliphatic rings. The third-order valence-corrected chi connectivity index (χ3v) is 2.43. The number of hydrogen-bond acceptors (Lipinski definition) is 3. The van der Waals surface area contributed by atoms with Crippen LogP contribution in [0.2, 0.25) is 0 Å². The van der Waals surface area contributed by atoms with E-state index in [1.54, 1.807) is 12.3 Å². The molecule has 3 nitrogen and oxygen atoms in total. The van der Waals surface area contributed by atoms with Gasteiger partial charge < -0.3 is 9.84 Å². The van der Waals surface area contributed by atoms with Gasteiger partial charge in [-0.3, -0.25) is 4.98 Å². The maximum Gasteiger partial charge on any atom is 0.165 e. The number of phenols is 1. The molecule has 0 unspecified atom stereocenters. The molecule has 1 aromatic carbocycles. The van der Waals surface area contributed by atoms with Gasteiger partial charge in [0, 0.05) is 17.5 Å². The summed E-state index contributed by atoms with van der Waals surface area (Å²) in [5.74, 6) is 0.641. The Morgan fingerprint density at radius 3 is 2.75 bits per heavy atom. The second-order valence-electron chi connectivity index (χ2n) is 3.54. The van der Waals surface area contributed by atoms with Crippen molar-refractivity contribution in [3.8, 4) is 22.6 Å². The summed E-state index contributed by atoms with van der Waals surface area (Å²) in [7, 11) is 1.54. The normalized spacial score (nSPS) is 10.1. The van der Waals surface area contributed by atoms with Crippen LogP contribution in [0.3, 0.4) is 0 Å². The highest BCUT2D eigenvalue weighted by Gasteiger charge is 2.09. The van der Waals surface area contributed by atoms with Crippen molar-refractivity contribution in [2.24, 2.45) is 0 Å². The van der Waals surface area contributed by atoms with Crippen molar-refractivity contribution in [3.63, 3.8) is 0 Å².